The number of nitrogens with one attached hydrogen (secondary N) is 2. The minimum Gasteiger partial charge on any atom is -0.493 e. The number of piperidine rings is 1. The fraction of sp³-hybridized carbons (Fsp3) is 0.467. The number of primary amides is 1. The second-order valence-electron chi connectivity index (χ2n) is 5.26. The van der Waals surface area contributed by atoms with Gasteiger partial charge in [0.1, 0.15) is 0 Å². The molecule has 1 atom stereocenters. The Morgan fingerprint density at radius 1 is 1.48 bits per heavy atom. The Bertz CT molecular complexity index is 588. The van der Waals surface area contributed by atoms with Crippen LogP contribution in [-0.2, 0) is 4.79 Å². The van der Waals surface area contributed by atoms with Crippen molar-refractivity contribution in [2.75, 3.05) is 26.8 Å². The summed E-state index contributed by atoms with van der Waals surface area (Å²) in [5, 5.41) is 6.36. The highest BCUT2D eigenvalue weighted by atomic mass is 35.5. The van der Waals surface area contributed by atoms with Gasteiger partial charge in [-0.2, -0.15) is 0 Å². The third-order valence-electron chi connectivity index (χ3n) is 3.48. The van der Waals surface area contributed by atoms with Crippen molar-refractivity contribution in [3.63, 3.8) is 0 Å². The van der Waals surface area contributed by atoms with E-state index in [1.807, 2.05) is 0 Å². The number of hydrogen-bond donors (Lipinski definition) is 3. The van der Waals surface area contributed by atoms with Gasteiger partial charge in [-0.05, 0) is 31.5 Å². The van der Waals surface area contributed by atoms with E-state index in [0.717, 1.165) is 25.9 Å². The summed E-state index contributed by atoms with van der Waals surface area (Å²) in [4.78, 5) is 23.2. The van der Waals surface area contributed by atoms with Crippen LogP contribution in [0.15, 0.2) is 12.1 Å². The molecule has 1 unspecified atom stereocenters. The number of carbonyl (C=O) groups is 2. The number of rotatable bonds is 6. The summed E-state index contributed by atoms with van der Waals surface area (Å²) in [5.74, 6) is -0.412. The molecule has 4 N–H and O–H groups in total. The number of nitrogens with two attached hydrogens (primary N) is 1. The van der Waals surface area contributed by atoms with Crippen LogP contribution < -0.4 is 25.8 Å². The van der Waals surface area contributed by atoms with E-state index < -0.39 is 5.91 Å². The minimum atomic E-state index is -0.630. The van der Waals surface area contributed by atoms with Crippen LogP contribution in [0, 0.1) is 0 Å². The largest absolute Gasteiger partial charge is 0.493 e. The Hall–Kier alpha value is -1.99. The Balaban J connectivity index is 2.14. The maximum Gasteiger partial charge on any atom is 0.255 e. The van der Waals surface area contributed by atoms with Crippen molar-refractivity contribution in [2.45, 2.75) is 18.9 Å². The zero-order chi connectivity index (χ0) is 16.8. The zero-order valence-electron chi connectivity index (χ0n) is 12.9. The summed E-state index contributed by atoms with van der Waals surface area (Å²) >= 11 is 6.13. The molecule has 1 aromatic carbocycles. The molecule has 0 aromatic heterocycles. The molecular formula is C15H20ClN3O4. The van der Waals surface area contributed by atoms with Crippen LogP contribution in [0.4, 0.5) is 0 Å². The molecule has 8 heteroatoms. The van der Waals surface area contributed by atoms with Gasteiger partial charge in [-0.15, -0.1) is 0 Å². The van der Waals surface area contributed by atoms with Crippen molar-refractivity contribution >= 4 is 23.4 Å². The molecular weight excluding hydrogens is 322 g/mol. The Morgan fingerprint density at radius 2 is 2.26 bits per heavy atom. The van der Waals surface area contributed by atoms with Gasteiger partial charge in [-0.3, -0.25) is 9.59 Å². The topological polar surface area (TPSA) is 103 Å². The normalized spacial score (nSPS) is 17.4. The first-order valence-corrected chi connectivity index (χ1v) is 7.69. The van der Waals surface area contributed by atoms with Crippen LogP contribution in [-0.4, -0.2) is 44.7 Å². The van der Waals surface area contributed by atoms with Crippen LogP contribution in [0.1, 0.15) is 23.2 Å². The maximum absolute atomic E-state index is 12.3. The zero-order valence-corrected chi connectivity index (χ0v) is 13.6. The molecule has 0 spiro atoms. The quantitative estimate of drug-likeness (QED) is 0.706. The standard InChI is InChI=1S/C15H20ClN3O4/c1-22-12-6-9(5-11(16)14(12)23-8-13(17)20)15(21)19-10-3-2-4-18-7-10/h5-6,10,18H,2-4,7-8H2,1H3,(H2,17,20)(H,19,21). The molecule has 0 bridgehead atoms. The second-order valence-corrected chi connectivity index (χ2v) is 5.67. The third kappa shape index (κ3) is 4.74. The molecule has 23 heavy (non-hydrogen) atoms. The average Bonchev–Trinajstić information content (AvgIpc) is 2.53. The highest BCUT2D eigenvalue weighted by molar-refractivity contribution is 6.32. The summed E-state index contributed by atoms with van der Waals surface area (Å²) in [6.07, 6.45) is 1.96. The van der Waals surface area contributed by atoms with Crippen molar-refractivity contribution in [2.24, 2.45) is 5.73 Å². The number of methoxy groups -OCH3 is 1. The molecule has 126 valence electrons. The Morgan fingerprint density at radius 3 is 2.87 bits per heavy atom. The molecule has 1 fully saturated rings. The van der Waals surface area contributed by atoms with Crippen molar-refractivity contribution in [1.82, 2.24) is 10.6 Å². The van der Waals surface area contributed by atoms with Crippen LogP contribution in [0.3, 0.4) is 0 Å². The van der Waals surface area contributed by atoms with Gasteiger partial charge in [0.15, 0.2) is 18.1 Å². The van der Waals surface area contributed by atoms with E-state index in [2.05, 4.69) is 10.6 Å². The summed E-state index contributed by atoms with van der Waals surface area (Å²) in [6.45, 7) is 1.39. The van der Waals surface area contributed by atoms with E-state index in [1.54, 1.807) is 0 Å². The van der Waals surface area contributed by atoms with Crippen LogP contribution in [0.5, 0.6) is 11.5 Å². The lowest BCUT2D eigenvalue weighted by molar-refractivity contribution is -0.119. The van der Waals surface area contributed by atoms with Gasteiger partial charge in [0, 0.05) is 18.2 Å². The first kappa shape index (κ1) is 17.4. The minimum absolute atomic E-state index is 0.0896. The molecule has 2 amide bonds. The van der Waals surface area contributed by atoms with Crippen molar-refractivity contribution < 1.29 is 19.1 Å². The molecule has 1 aromatic rings. The summed E-state index contributed by atoms with van der Waals surface area (Å²) in [7, 11) is 1.43. The number of halogens is 1. The Kier molecular flexibility index (Phi) is 6.06. The van der Waals surface area contributed by atoms with E-state index in [1.165, 1.54) is 19.2 Å². The van der Waals surface area contributed by atoms with Gasteiger partial charge in [0.25, 0.3) is 11.8 Å². The summed E-state index contributed by atoms with van der Waals surface area (Å²) in [6, 6.07) is 3.09. The molecule has 2 rings (SSSR count). The predicted octanol–water partition coefficient (Wildman–Crippen LogP) is 0.695. The lowest BCUT2D eigenvalue weighted by Crippen LogP contribution is -2.45. The molecule has 1 saturated heterocycles. The van der Waals surface area contributed by atoms with Gasteiger partial charge in [-0.25, -0.2) is 0 Å². The molecule has 0 radical (unpaired) electrons. The Labute approximate surface area is 139 Å². The van der Waals surface area contributed by atoms with E-state index in [9.17, 15) is 9.59 Å². The van der Waals surface area contributed by atoms with Crippen LogP contribution in [0.25, 0.3) is 0 Å². The summed E-state index contributed by atoms with van der Waals surface area (Å²) in [5.41, 5.74) is 5.41. The third-order valence-corrected chi connectivity index (χ3v) is 3.76. The number of ether oxygens (including phenoxy) is 2. The monoisotopic (exact) mass is 341 g/mol. The smallest absolute Gasteiger partial charge is 0.255 e. The highest BCUT2D eigenvalue weighted by Gasteiger charge is 2.20. The molecule has 1 aliphatic heterocycles. The molecule has 7 nitrogen and oxygen atoms in total. The van der Waals surface area contributed by atoms with E-state index >= 15 is 0 Å². The molecule has 1 heterocycles. The van der Waals surface area contributed by atoms with Crippen LogP contribution >= 0.6 is 11.6 Å². The molecule has 0 aliphatic carbocycles. The van der Waals surface area contributed by atoms with Crippen molar-refractivity contribution in [3.05, 3.63) is 22.7 Å². The van der Waals surface area contributed by atoms with Crippen molar-refractivity contribution in [3.8, 4) is 11.5 Å². The lowest BCUT2D eigenvalue weighted by Gasteiger charge is -2.24. The summed E-state index contributed by atoms with van der Waals surface area (Å²) < 4.78 is 10.4. The number of hydrogen-bond acceptors (Lipinski definition) is 5. The van der Waals surface area contributed by atoms with Gasteiger partial charge >= 0.3 is 0 Å². The molecule has 0 saturated carbocycles. The van der Waals surface area contributed by atoms with Crippen molar-refractivity contribution in [1.29, 1.82) is 0 Å². The number of amides is 2. The lowest BCUT2D eigenvalue weighted by atomic mass is 10.1. The maximum atomic E-state index is 12.3. The first-order chi connectivity index (χ1) is 11.0. The fourth-order valence-corrected chi connectivity index (χ4v) is 2.64. The van der Waals surface area contributed by atoms with E-state index in [4.69, 9.17) is 26.8 Å². The average molecular weight is 342 g/mol. The van der Waals surface area contributed by atoms with Gasteiger partial charge < -0.3 is 25.8 Å². The van der Waals surface area contributed by atoms with Gasteiger partial charge in [-0.1, -0.05) is 11.6 Å². The highest BCUT2D eigenvalue weighted by Crippen LogP contribution is 2.36. The SMILES string of the molecule is COc1cc(C(=O)NC2CCCNC2)cc(Cl)c1OCC(N)=O. The van der Waals surface area contributed by atoms with E-state index in [-0.39, 0.29) is 35.1 Å². The molecule has 1 aliphatic rings. The fourth-order valence-electron chi connectivity index (χ4n) is 2.38. The predicted molar refractivity (Wildman–Crippen MR) is 86.1 cm³/mol. The number of benzene rings is 1. The second kappa shape index (κ2) is 8.03. The van der Waals surface area contributed by atoms with Gasteiger partial charge in [0.2, 0.25) is 0 Å². The van der Waals surface area contributed by atoms with Crippen LogP contribution in [0.2, 0.25) is 5.02 Å². The van der Waals surface area contributed by atoms with E-state index in [0.29, 0.717) is 5.56 Å². The first-order valence-electron chi connectivity index (χ1n) is 7.31. The number of carbonyl (C=O) groups excluding carboxylic acids is 2. The van der Waals surface area contributed by atoms with Gasteiger partial charge in [0.05, 0.1) is 12.1 Å².